The zero-order valence-corrected chi connectivity index (χ0v) is 18.8. The number of anilines is 1. The highest BCUT2D eigenvalue weighted by molar-refractivity contribution is 7.86. The van der Waals surface area contributed by atoms with E-state index in [2.05, 4.69) is 30.5 Å². The van der Waals surface area contributed by atoms with Crippen LogP contribution < -0.4 is 10.9 Å². The molecule has 166 valence electrons. The van der Waals surface area contributed by atoms with Crippen LogP contribution in [0.1, 0.15) is 11.3 Å². The molecule has 0 bridgehead atoms. The lowest BCUT2D eigenvalue weighted by Crippen LogP contribution is -2.11. The number of aromatic nitrogens is 3. The Morgan fingerprint density at radius 3 is 2.48 bits per heavy atom. The van der Waals surface area contributed by atoms with Crippen molar-refractivity contribution >= 4 is 49.0 Å². The molecule has 0 atom stereocenters. The highest BCUT2D eigenvalue weighted by Gasteiger charge is 2.20. The molecule has 0 spiro atoms. The van der Waals surface area contributed by atoms with E-state index in [9.17, 15) is 17.8 Å². The van der Waals surface area contributed by atoms with Crippen molar-refractivity contribution in [2.24, 2.45) is 10.2 Å². The smallest absolute Gasteiger partial charge is 0.290 e. The summed E-state index contributed by atoms with van der Waals surface area (Å²) >= 11 is 1.16. The summed E-state index contributed by atoms with van der Waals surface area (Å²) < 4.78 is 33.6. The van der Waals surface area contributed by atoms with Gasteiger partial charge in [-0.1, -0.05) is 6.07 Å². The fourth-order valence-electron chi connectivity index (χ4n) is 3.10. The largest absolute Gasteiger partial charge is 0.296 e. The predicted molar refractivity (Wildman–Crippen MR) is 123 cm³/mol. The summed E-state index contributed by atoms with van der Waals surface area (Å²) in [4.78, 5) is 22.9. The van der Waals surface area contributed by atoms with Gasteiger partial charge in [0, 0.05) is 5.56 Å². The standard InChI is InChI=1S/C20H15N7O4S2/c1-10-3-8-14-16(17(10)33(29,30)31)32-19(24-14)12-4-6-13(7-5-12)26-27-15-11(2)23-20(22-9-21)25-18(15)28/h3-8H,1-2H3,(H,29,30,31)(H2,22,23,25,28). The maximum atomic E-state index is 12.1. The Hall–Kier alpha value is -3.99. The SMILES string of the molecule is Cc1ccc2nc(-c3ccc(N=Nc4c(C)nc(NC#N)[nH]c4=O)cc3)sc2c1S(=O)(=O)O. The van der Waals surface area contributed by atoms with Crippen molar-refractivity contribution in [2.75, 3.05) is 5.32 Å². The van der Waals surface area contributed by atoms with Gasteiger partial charge in [0.25, 0.3) is 15.7 Å². The third-order valence-electron chi connectivity index (χ3n) is 4.59. The van der Waals surface area contributed by atoms with E-state index in [1.54, 1.807) is 56.4 Å². The molecule has 2 aromatic carbocycles. The molecule has 3 N–H and O–H groups in total. The van der Waals surface area contributed by atoms with Crippen molar-refractivity contribution in [2.45, 2.75) is 18.7 Å². The van der Waals surface area contributed by atoms with Gasteiger partial charge in [0.2, 0.25) is 5.95 Å². The summed E-state index contributed by atoms with van der Waals surface area (Å²) in [5, 5.41) is 19.5. The van der Waals surface area contributed by atoms with Crippen LogP contribution in [0.3, 0.4) is 0 Å². The number of hydrogen-bond donors (Lipinski definition) is 3. The first-order valence-corrected chi connectivity index (χ1v) is 11.6. The first-order chi connectivity index (χ1) is 15.7. The summed E-state index contributed by atoms with van der Waals surface area (Å²) in [6, 6.07) is 10.1. The van der Waals surface area contributed by atoms with Crippen molar-refractivity contribution in [1.29, 1.82) is 5.26 Å². The number of thiazole rings is 1. The number of nitrogens with zero attached hydrogens (tertiary/aromatic N) is 5. The molecular formula is C20H15N7O4S2. The second-order valence-corrected chi connectivity index (χ2v) is 9.24. The summed E-state index contributed by atoms with van der Waals surface area (Å²) in [7, 11) is -4.39. The van der Waals surface area contributed by atoms with Crippen LogP contribution in [0.25, 0.3) is 20.8 Å². The van der Waals surface area contributed by atoms with Crippen molar-refractivity contribution in [3.63, 3.8) is 0 Å². The number of aromatic amines is 1. The van der Waals surface area contributed by atoms with E-state index >= 15 is 0 Å². The van der Waals surface area contributed by atoms with Crippen molar-refractivity contribution in [1.82, 2.24) is 15.0 Å². The molecule has 0 fully saturated rings. The van der Waals surface area contributed by atoms with E-state index in [1.807, 2.05) is 0 Å². The van der Waals surface area contributed by atoms with Crippen LogP contribution in [0.2, 0.25) is 0 Å². The Morgan fingerprint density at radius 1 is 1.12 bits per heavy atom. The van der Waals surface area contributed by atoms with Crippen LogP contribution >= 0.6 is 11.3 Å². The van der Waals surface area contributed by atoms with Crippen LogP contribution in [-0.2, 0) is 10.1 Å². The van der Waals surface area contributed by atoms with Gasteiger partial charge in [-0.2, -0.15) is 18.8 Å². The molecule has 0 aliphatic heterocycles. The molecule has 33 heavy (non-hydrogen) atoms. The van der Waals surface area contributed by atoms with Crippen LogP contribution in [0.4, 0.5) is 17.3 Å². The minimum Gasteiger partial charge on any atom is -0.290 e. The minimum atomic E-state index is -4.39. The van der Waals surface area contributed by atoms with Gasteiger partial charge in [0.1, 0.15) is 9.90 Å². The van der Waals surface area contributed by atoms with Gasteiger partial charge in [-0.05, 0) is 49.7 Å². The Morgan fingerprint density at radius 2 is 1.85 bits per heavy atom. The van der Waals surface area contributed by atoms with Crippen LogP contribution in [0.5, 0.6) is 0 Å². The van der Waals surface area contributed by atoms with Gasteiger partial charge < -0.3 is 0 Å². The summed E-state index contributed by atoms with van der Waals surface area (Å²) in [6.07, 6.45) is 1.67. The second-order valence-electron chi connectivity index (χ2n) is 6.89. The van der Waals surface area contributed by atoms with Gasteiger partial charge in [-0.25, -0.2) is 9.97 Å². The Balaban J connectivity index is 1.64. The zero-order valence-electron chi connectivity index (χ0n) is 17.2. The maximum absolute atomic E-state index is 12.1. The molecule has 11 nitrogen and oxygen atoms in total. The van der Waals surface area contributed by atoms with Gasteiger partial charge in [-0.3, -0.25) is 19.6 Å². The zero-order chi connectivity index (χ0) is 23.8. The van der Waals surface area contributed by atoms with E-state index in [0.717, 1.165) is 16.9 Å². The number of azo groups is 1. The number of nitrogens with one attached hydrogen (secondary N) is 2. The van der Waals surface area contributed by atoms with E-state index in [4.69, 9.17) is 5.26 Å². The fourth-order valence-corrected chi connectivity index (χ4v) is 5.42. The molecule has 0 radical (unpaired) electrons. The molecule has 0 saturated carbocycles. The number of nitriles is 1. The number of aryl methyl sites for hydroxylation is 2. The number of benzene rings is 2. The number of hydrogen-bond acceptors (Lipinski definition) is 10. The highest BCUT2D eigenvalue weighted by atomic mass is 32.2. The van der Waals surface area contributed by atoms with Gasteiger partial charge in [0.15, 0.2) is 11.9 Å². The molecule has 2 heterocycles. The third-order valence-corrected chi connectivity index (χ3v) is 6.90. The van der Waals surface area contributed by atoms with Crippen molar-refractivity contribution in [3.8, 4) is 16.8 Å². The van der Waals surface area contributed by atoms with E-state index in [0.29, 0.717) is 32.2 Å². The molecular weight excluding hydrogens is 466 g/mol. The van der Waals surface area contributed by atoms with E-state index < -0.39 is 15.7 Å². The molecule has 4 aromatic rings. The minimum absolute atomic E-state index is 0.0156. The maximum Gasteiger partial charge on any atom is 0.296 e. The topological polar surface area (TPSA) is 174 Å². The monoisotopic (exact) mass is 481 g/mol. The molecule has 13 heteroatoms. The molecule has 0 unspecified atom stereocenters. The van der Waals surface area contributed by atoms with E-state index in [1.165, 1.54) is 0 Å². The van der Waals surface area contributed by atoms with E-state index in [-0.39, 0.29) is 16.5 Å². The molecule has 0 aliphatic carbocycles. The molecule has 0 aliphatic rings. The first kappa shape index (κ1) is 22.2. The van der Waals surface area contributed by atoms with Crippen molar-refractivity contribution in [3.05, 3.63) is 58.0 Å². The lowest BCUT2D eigenvalue weighted by atomic mass is 10.2. The number of fused-ring (bicyclic) bond motifs is 1. The van der Waals surface area contributed by atoms with Gasteiger partial charge >= 0.3 is 0 Å². The number of H-pyrrole nitrogens is 1. The summed E-state index contributed by atoms with van der Waals surface area (Å²) in [5.74, 6) is 0.0199. The predicted octanol–water partition coefficient (Wildman–Crippen LogP) is 4.22. The van der Waals surface area contributed by atoms with Crippen LogP contribution in [-0.4, -0.2) is 27.9 Å². The molecule has 2 aromatic heterocycles. The van der Waals surface area contributed by atoms with Crippen LogP contribution in [0.15, 0.2) is 56.3 Å². The van der Waals surface area contributed by atoms with Crippen molar-refractivity contribution < 1.29 is 13.0 Å². The van der Waals surface area contributed by atoms with Crippen LogP contribution in [0, 0.1) is 25.3 Å². The lowest BCUT2D eigenvalue weighted by molar-refractivity contribution is 0.483. The quantitative estimate of drug-likeness (QED) is 0.164. The highest BCUT2D eigenvalue weighted by Crippen LogP contribution is 2.36. The molecule has 0 amide bonds. The third kappa shape index (κ3) is 4.48. The fraction of sp³-hybridized carbons (Fsp3) is 0.100. The average molecular weight is 482 g/mol. The Labute approximate surface area is 191 Å². The Bertz CT molecular complexity index is 1620. The second kappa shape index (κ2) is 8.51. The molecule has 4 rings (SSSR count). The average Bonchev–Trinajstić information content (AvgIpc) is 3.16. The molecule has 0 saturated heterocycles. The van der Waals surface area contributed by atoms with Gasteiger partial charge in [0.05, 0.1) is 21.6 Å². The summed E-state index contributed by atoms with van der Waals surface area (Å²) in [5.41, 5.74) is 1.86. The van der Waals surface area contributed by atoms with Gasteiger partial charge in [-0.15, -0.1) is 16.5 Å². The number of rotatable bonds is 5. The lowest BCUT2D eigenvalue weighted by Gasteiger charge is -2.02. The summed E-state index contributed by atoms with van der Waals surface area (Å²) in [6.45, 7) is 3.18. The Kier molecular flexibility index (Phi) is 5.73. The first-order valence-electron chi connectivity index (χ1n) is 9.33. The normalized spacial score (nSPS) is 11.7.